The second-order valence-electron chi connectivity index (χ2n) is 3.81. The van der Waals surface area contributed by atoms with E-state index in [-0.39, 0.29) is 5.69 Å². The van der Waals surface area contributed by atoms with E-state index < -0.39 is 0 Å². The van der Waals surface area contributed by atoms with Crippen LogP contribution in [0.15, 0.2) is 15.5 Å². The van der Waals surface area contributed by atoms with Crippen LogP contribution < -0.4 is 5.69 Å². The molecule has 0 aliphatic rings. The molecule has 2 heterocycles. The molecule has 0 saturated heterocycles. The number of hydrogen-bond acceptors (Lipinski definition) is 4. The summed E-state index contributed by atoms with van der Waals surface area (Å²) in [4.78, 5) is 21.1. The standard InChI is InChI=1S/C11H12BrN3OS/c1-6-10(12)7(2)15(11(16)14-6)5-9-4-13-8(3)17-9/h4H,5H2,1-3H3. The summed E-state index contributed by atoms with van der Waals surface area (Å²) in [5.74, 6) is 0. The minimum atomic E-state index is -0.214. The molecule has 0 atom stereocenters. The number of halogens is 1. The third-order valence-electron chi connectivity index (χ3n) is 2.52. The Morgan fingerprint density at radius 3 is 2.71 bits per heavy atom. The molecule has 0 N–H and O–H groups in total. The van der Waals surface area contributed by atoms with E-state index in [1.54, 1.807) is 22.1 Å². The van der Waals surface area contributed by atoms with E-state index in [0.717, 1.165) is 25.7 Å². The fourth-order valence-electron chi connectivity index (χ4n) is 1.60. The first-order valence-corrected chi connectivity index (χ1v) is 6.75. The molecule has 2 rings (SSSR count). The predicted octanol–water partition coefficient (Wildman–Crippen LogP) is 2.44. The maximum absolute atomic E-state index is 11.8. The van der Waals surface area contributed by atoms with Gasteiger partial charge in [-0.3, -0.25) is 4.57 Å². The summed E-state index contributed by atoms with van der Waals surface area (Å²) < 4.78 is 2.54. The Bertz CT molecular complexity index is 618. The highest BCUT2D eigenvalue weighted by molar-refractivity contribution is 9.10. The van der Waals surface area contributed by atoms with Crippen LogP contribution in [-0.2, 0) is 6.54 Å². The normalized spacial score (nSPS) is 10.8. The van der Waals surface area contributed by atoms with Gasteiger partial charge < -0.3 is 0 Å². The lowest BCUT2D eigenvalue weighted by Crippen LogP contribution is -2.26. The molecule has 90 valence electrons. The van der Waals surface area contributed by atoms with E-state index in [4.69, 9.17) is 0 Å². The molecule has 0 aliphatic heterocycles. The topological polar surface area (TPSA) is 47.8 Å². The molecule has 0 radical (unpaired) electrons. The van der Waals surface area contributed by atoms with Crippen LogP contribution in [0.4, 0.5) is 0 Å². The first-order chi connectivity index (χ1) is 7.99. The van der Waals surface area contributed by atoms with Crippen molar-refractivity contribution >= 4 is 27.3 Å². The number of hydrogen-bond donors (Lipinski definition) is 0. The molecule has 6 heteroatoms. The smallest absolute Gasteiger partial charge is 0.290 e. The molecule has 0 fully saturated rings. The second-order valence-corrected chi connectivity index (χ2v) is 5.92. The molecule has 0 aliphatic carbocycles. The molecule has 0 unspecified atom stereocenters. The quantitative estimate of drug-likeness (QED) is 0.855. The van der Waals surface area contributed by atoms with Crippen LogP contribution >= 0.6 is 27.3 Å². The molecule has 4 nitrogen and oxygen atoms in total. The van der Waals surface area contributed by atoms with Gasteiger partial charge in [0.05, 0.1) is 21.7 Å². The highest BCUT2D eigenvalue weighted by atomic mass is 79.9. The Balaban J connectivity index is 2.46. The van der Waals surface area contributed by atoms with Gasteiger partial charge in [-0.25, -0.2) is 9.78 Å². The third-order valence-corrected chi connectivity index (χ3v) is 4.56. The van der Waals surface area contributed by atoms with E-state index in [1.807, 2.05) is 20.8 Å². The van der Waals surface area contributed by atoms with Crippen LogP contribution in [0.5, 0.6) is 0 Å². The van der Waals surface area contributed by atoms with Crippen molar-refractivity contribution in [3.05, 3.63) is 42.4 Å². The number of rotatable bonds is 2. The van der Waals surface area contributed by atoms with Crippen molar-refractivity contribution in [2.45, 2.75) is 27.3 Å². The predicted molar refractivity (Wildman–Crippen MR) is 71.6 cm³/mol. The van der Waals surface area contributed by atoms with E-state index in [9.17, 15) is 4.79 Å². The summed E-state index contributed by atoms with van der Waals surface area (Å²) >= 11 is 5.04. The van der Waals surface area contributed by atoms with Crippen LogP contribution in [-0.4, -0.2) is 14.5 Å². The lowest BCUT2D eigenvalue weighted by Gasteiger charge is -2.10. The fraction of sp³-hybridized carbons (Fsp3) is 0.364. The molecule has 0 bridgehead atoms. The van der Waals surface area contributed by atoms with Gasteiger partial charge in [0.15, 0.2) is 0 Å². The van der Waals surface area contributed by atoms with Crippen molar-refractivity contribution in [3.63, 3.8) is 0 Å². The summed E-state index contributed by atoms with van der Waals surface area (Å²) in [5.41, 5.74) is 1.41. The molecular weight excluding hydrogens is 302 g/mol. The Hall–Kier alpha value is -1.01. The van der Waals surface area contributed by atoms with Crippen molar-refractivity contribution < 1.29 is 0 Å². The van der Waals surface area contributed by atoms with Gasteiger partial charge >= 0.3 is 5.69 Å². The molecule has 0 amide bonds. The number of aromatic nitrogens is 3. The number of nitrogens with zero attached hydrogens (tertiary/aromatic N) is 3. The van der Waals surface area contributed by atoms with Gasteiger partial charge in [-0.2, -0.15) is 4.98 Å². The van der Waals surface area contributed by atoms with Gasteiger partial charge in [0.2, 0.25) is 0 Å². The Kier molecular flexibility index (Phi) is 3.44. The van der Waals surface area contributed by atoms with E-state index >= 15 is 0 Å². The summed E-state index contributed by atoms with van der Waals surface area (Å²) in [6, 6.07) is 0. The minimum absolute atomic E-state index is 0.214. The molecule has 2 aromatic rings. The maximum Gasteiger partial charge on any atom is 0.348 e. The largest absolute Gasteiger partial charge is 0.348 e. The Morgan fingerprint density at radius 1 is 1.41 bits per heavy atom. The minimum Gasteiger partial charge on any atom is -0.290 e. The number of aryl methyl sites for hydroxylation is 2. The molecule has 0 spiro atoms. The Labute approximate surface area is 111 Å². The summed E-state index contributed by atoms with van der Waals surface area (Å²) in [7, 11) is 0. The monoisotopic (exact) mass is 313 g/mol. The van der Waals surface area contributed by atoms with Crippen LogP contribution in [0.25, 0.3) is 0 Å². The van der Waals surface area contributed by atoms with E-state index in [0.29, 0.717) is 6.54 Å². The highest BCUT2D eigenvalue weighted by Gasteiger charge is 2.10. The van der Waals surface area contributed by atoms with Crippen LogP contribution in [0.2, 0.25) is 0 Å². The number of thiazole rings is 1. The van der Waals surface area contributed by atoms with Crippen molar-refractivity contribution in [1.82, 2.24) is 14.5 Å². The van der Waals surface area contributed by atoms with Crippen molar-refractivity contribution in [2.75, 3.05) is 0 Å². The first-order valence-electron chi connectivity index (χ1n) is 5.14. The average molecular weight is 314 g/mol. The summed E-state index contributed by atoms with van der Waals surface area (Å²) in [6.07, 6.45) is 1.81. The van der Waals surface area contributed by atoms with Gasteiger partial charge in [-0.05, 0) is 36.7 Å². The van der Waals surface area contributed by atoms with E-state index in [2.05, 4.69) is 25.9 Å². The van der Waals surface area contributed by atoms with Gasteiger partial charge in [-0.1, -0.05) is 0 Å². The maximum atomic E-state index is 11.8. The van der Waals surface area contributed by atoms with Crippen LogP contribution in [0.1, 0.15) is 21.3 Å². The Morgan fingerprint density at radius 2 is 2.12 bits per heavy atom. The lowest BCUT2D eigenvalue weighted by molar-refractivity contribution is 0.694. The lowest BCUT2D eigenvalue weighted by atomic mass is 10.3. The third kappa shape index (κ3) is 2.47. The molecule has 17 heavy (non-hydrogen) atoms. The molecule has 2 aromatic heterocycles. The molecular formula is C11H12BrN3OS. The zero-order valence-electron chi connectivity index (χ0n) is 9.82. The second kappa shape index (κ2) is 4.70. The van der Waals surface area contributed by atoms with Crippen LogP contribution in [0.3, 0.4) is 0 Å². The molecule has 0 saturated carbocycles. The SMILES string of the molecule is Cc1ncc(Cn2c(C)c(Br)c(C)nc2=O)s1. The van der Waals surface area contributed by atoms with E-state index in [1.165, 1.54) is 0 Å². The zero-order chi connectivity index (χ0) is 12.6. The van der Waals surface area contributed by atoms with Crippen molar-refractivity contribution in [2.24, 2.45) is 0 Å². The summed E-state index contributed by atoms with van der Waals surface area (Å²) in [5, 5.41) is 1.00. The van der Waals surface area contributed by atoms with Crippen LogP contribution in [0, 0.1) is 20.8 Å². The first kappa shape index (κ1) is 12.4. The highest BCUT2D eigenvalue weighted by Crippen LogP contribution is 2.19. The van der Waals surface area contributed by atoms with Crippen molar-refractivity contribution in [3.8, 4) is 0 Å². The van der Waals surface area contributed by atoms with Gasteiger partial charge in [0, 0.05) is 16.8 Å². The van der Waals surface area contributed by atoms with Gasteiger partial charge in [0.1, 0.15) is 0 Å². The van der Waals surface area contributed by atoms with Gasteiger partial charge in [0.25, 0.3) is 0 Å². The zero-order valence-corrected chi connectivity index (χ0v) is 12.2. The summed E-state index contributed by atoms with van der Waals surface area (Å²) in [6.45, 7) is 6.21. The molecule has 0 aromatic carbocycles. The van der Waals surface area contributed by atoms with Gasteiger partial charge in [-0.15, -0.1) is 11.3 Å². The van der Waals surface area contributed by atoms with Crippen molar-refractivity contribution in [1.29, 1.82) is 0 Å². The average Bonchev–Trinajstić information content (AvgIpc) is 2.67. The fourth-order valence-corrected chi connectivity index (χ4v) is 2.68.